The summed E-state index contributed by atoms with van der Waals surface area (Å²) in [7, 11) is 1.60. The lowest BCUT2D eigenvalue weighted by molar-refractivity contribution is -0.192. The third kappa shape index (κ3) is 9.81. The topological polar surface area (TPSA) is 167 Å². The molecule has 0 fully saturated rings. The number of carbonyl (C=O) groups is 4. The van der Waals surface area contributed by atoms with E-state index in [0.29, 0.717) is 34.6 Å². The minimum Gasteiger partial charge on any atom is -0.490 e. The maximum atomic E-state index is 15.5. The van der Waals surface area contributed by atoms with E-state index in [-0.39, 0.29) is 60.8 Å². The van der Waals surface area contributed by atoms with Crippen LogP contribution in [0.2, 0.25) is 0 Å². The number of ketones is 1. The number of carbonyl (C=O) groups excluding carboxylic acids is 2. The molecule has 0 aliphatic carbocycles. The summed E-state index contributed by atoms with van der Waals surface area (Å²) in [5.74, 6) is -4.80. The molecule has 48 heavy (non-hydrogen) atoms. The lowest BCUT2D eigenvalue weighted by Crippen LogP contribution is -2.31. The van der Waals surface area contributed by atoms with Crippen molar-refractivity contribution in [3.63, 3.8) is 0 Å². The number of Topliss-reactive ketones (excluding diaryl/α,β-unsaturated/α-hetero) is 1. The van der Waals surface area contributed by atoms with Gasteiger partial charge in [0.2, 0.25) is 5.91 Å². The number of hydrogen-bond donors (Lipinski definition) is 3. The van der Waals surface area contributed by atoms with Gasteiger partial charge in [0.05, 0.1) is 25.3 Å². The summed E-state index contributed by atoms with van der Waals surface area (Å²) in [6.07, 6.45) is -5.08. The Hall–Kier alpha value is -4.89. The molecule has 12 nitrogen and oxygen atoms in total. The predicted octanol–water partition coefficient (Wildman–Crippen LogP) is 5.02. The van der Waals surface area contributed by atoms with E-state index in [1.807, 2.05) is 20.8 Å². The summed E-state index contributed by atoms with van der Waals surface area (Å²) in [5, 5.41) is 25.0. The van der Waals surface area contributed by atoms with E-state index in [1.54, 1.807) is 39.1 Å². The molecule has 3 rings (SSSR count). The lowest BCUT2D eigenvalue weighted by atomic mass is 9.83. The van der Waals surface area contributed by atoms with Crippen LogP contribution in [-0.4, -0.2) is 89.1 Å². The highest BCUT2D eigenvalue weighted by atomic mass is 19.4. The van der Waals surface area contributed by atoms with Crippen molar-refractivity contribution < 1.29 is 61.2 Å². The fraction of sp³-hybridized carbons (Fsp3) is 0.469. The van der Waals surface area contributed by atoms with Gasteiger partial charge in [-0.05, 0) is 43.0 Å². The van der Waals surface area contributed by atoms with Crippen LogP contribution in [0.4, 0.5) is 17.6 Å². The molecular formula is C32H39F4N3O9. The number of amidine groups is 1. The van der Waals surface area contributed by atoms with Gasteiger partial charge in [-0.2, -0.15) is 13.2 Å². The molecule has 3 N–H and O–H groups in total. The van der Waals surface area contributed by atoms with E-state index in [2.05, 4.69) is 0 Å². The van der Waals surface area contributed by atoms with Gasteiger partial charge in [-0.3, -0.25) is 15.0 Å². The number of fused-ring (bicyclic) bond motifs is 1. The molecule has 2 aromatic rings. The highest BCUT2D eigenvalue weighted by Crippen LogP contribution is 2.40. The standard InChI is InChI=1S/C30H38FN3O7.C2HF3O2/c1-8-39-23-12-19-14-34(29(32)25(19)26(31)28(23)40-9-2)15-22(36)18-10-20(13-33(7)17(3)35)27(41-16-24(37)38)21(11-18)30(4,5)6;3-2(4,5)1(6)7/h10-12,32H,8-9,13-16H2,1-7H3,(H,37,38);(H,6,7). The van der Waals surface area contributed by atoms with Gasteiger partial charge < -0.3 is 34.2 Å². The van der Waals surface area contributed by atoms with Gasteiger partial charge in [-0.25, -0.2) is 14.0 Å². The first-order valence-electron chi connectivity index (χ1n) is 14.7. The van der Waals surface area contributed by atoms with E-state index in [4.69, 9.17) is 29.5 Å². The molecule has 0 saturated heterocycles. The van der Waals surface area contributed by atoms with Crippen LogP contribution in [-0.2, 0) is 32.9 Å². The summed E-state index contributed by atoms with van der Waals surface area (Å²) in [6.45, 7) is 10.6. The van der Waals surface area contributed by atoms with Crippen molar-refractivity contribution in [2.75, 3.05) is 33.4 Å². The zero-order valence-corrected chi connectivity index (χ0v) is 27.6. The van der Waals surface area contributed by atoms with Crippen LogP contribution in [0.1, 0.15) is 74.2 Å². The fourth-order valence-corrected chi connectivity index (χ4v) is 4.62. The Morgan fingerprint density at radius 2 is 1.56 bits per heavy atom. The maximum absolute atomic E-state index is 15.5. The molecule has 0 unspecified atom stereocenters. The second-order valence-electron chi connectivity index (χ2n) is 11.7. The number of carboxylic acid groups (broad SMARTS) is 2. The first kappa shape index (κ1) is 39.3. The Morgan fingerprint density at radius 3 is 2.04 bits per heavy atom. The van der Waals surface area contributed by atoms with E-state index in [0.717, 1.165) is 0 Å². The fourth-order valence-electron chi connectivity index (χ4n) is 4.62. The maximum Gasteiger partial charge on any atom is 0.490 e. The number of alkyl halides is 3. The molecule has 1 heterocycles. The predicted molar refractivity (Wildman–Crippen MR) is 164 cm³/mol. The van der Waals surface area contributed by atoms with Gasteiger partial charge >= 0.3 is 18.1 Å². The van der Waals surface area contributed by atoms with Crippen molar-refractivity contribution in [3.05, 3.63) is 51.8 Å². The van der Waals surface area contributed by atoms with Crippen molar-refractivity contribution >= 4 is 29.5 Å². The van der Waals surface area contributed by atoms with Crippen LogP contribution >= 0.6 is 0 Å². The molecule has 0 aromatic heterocycles. The zero-order valence-electron chi connectivity index (χ0n) is 27.6. The van der Waals surface area contributed by atoms with E-state index < -0.39 is 36.0 Å². The Morgan fingerprint density at radius 1 is 0.979 bits per heavy atom. The van der Waals surface area contributed by atoms with Gasteiger partial charge in [0.15, 0.2) is 29.7 Å². The molecule has 2 aromatic carbocycles. The first-order chi connectivity index (χ1) is 22.1. The highest BCUT2D eigenvalue weighted by molar-refractivity contribution is 6.06. The summed E-state index contributed by atoms with van der Waals surface area (Å²) < 4.78 is 63.9. The van der Waals surface area contributed by atoms with Crippen LogP contribution in [0.3, 0.4) is 0 Å². The van der Waals surface area contributed by atoms with Gasteiger partial charge in [0.25, 0.3) is 0 Å². The van der Waals surface area contributed by atoms with Crippen molar-refractivity contribution in [2.45, 2.75) is 66.2 Å². The number of aliphatic carboxylic acids is 2. The SMILES string of the molecule is CCOc1cc2c(c(F)c1OCC)C(=N)N(CC(=O)c1cc(CN(C)C(C)=O)c(OCC(=O)O)c(C(C)(C)C)c1)C2.O=C(O)C(F)(F)F. The highest BCUT2D eigenvalue weighted by Gasteiger charge is 2.38. The smallest absolute Gasteiger partial charge is 0.490 e. The number of amides is 1. The van der Waals surface area contributed by atoms with Gasteiger partial charge in [-0.15, -0.1) is 0 Å². The Kier molecular flexibility index (Phi) is 12.9. The number of carboxylic acids is 2. The summed E-state index contributed by atoms with van der Waals surface area (Å²) in [4.78, 5) is 48.8. The molecule has 264 valence electrons. The van der Waals surface area contributed by atoms with Crippen molar-refractivity contribution in [1.29, 1.82) is 5.41 Å². The molecule has 0 radical (unpaired) electrons. The van der Waals surface area contributed by atoms with Crippen LogP contribution in [0.25, 0.3) is 0 Å². The summed E-state index contributed by atoms with van der Waals surface area (Å²) >= 11 is 0. The number of benzene rings is 2. The molecule has 16 heteroatoms. The van der Waals surface area contributed by atoms with Crippen LogP contribution in [0.15, 0.2) is 18.2 Å². The third-order valence-corrected chi connectivity index (χ3v) is 6.93. The molecule has 0 spiro atoms. The van der Waals surface area contributed by atoms with Crippen molar-refractivity contribution in [1.82, 2.24) is 9.80 Å². The minimum absolute atomic E-state index is 0.0583. The van der Waals surface area contributed by atoms with E-state index in [9.17, 15) is 32.7 Å². The largest absolute Gasteiger partial charge is 0.490 e. The lowest BCUT2D eigenvalue weighted by Gasteiger charge is -2.27. The van der Waals surface area contributed by atoms with Crippen LogP contribution in [0, 0.1) is 11.2 Å². The number of halogens is 4. The van der Waals surface area contributed by atoms with Gasteiger partial charge in [0.1, 0.15) is 11.6 Å². The monoisotopic (exact) mass is 685 g/mol. The quantitative estimate of drug-likeness (QED) is 0.204. The van der Waals surface area contributed by atoms with Crippen LogP contribution in [0.5, 0.6) is 17.2 Å². The average molecular weight is 686 g/mol. The summed E-state index contributed by atoms with van der Waals surface area (Å²) in [5.41, 5.74) is 1.43. The second-order valence-corrected chi connectivity index (χ2v) is 11.7. The third-order valence-electron chi connectivity index (χ3n) is 6.93. The molecular weight excluding hydrogens is 646 g/mol. The molecule has 0 saturated carbocycles. The first-order valence-corrected chi connectivity index (χ1v) is 14.7. The molecule has 1 amide bonds. The normalized spacial score (nSPS) is 12.5. The Labute approximate surface area is 274 Å². The average Bonchev–Trinajstić information content (AvgIpc) is 3.27. The van der Waals surface area contributed by atoms with Crippen LogP contribution < -0.4 is 14.2 Å². The van der Waals surface area contributed by atoms with Gasteiger partial charge in [-0.1, -0.05) is 20.8 Å². The number of nitrogens with one attached hydrogen (secondary N) is 1. The zero-order chi connectivity index (χ0) is 36.7. The van der Waals surface area contributed by atoms with Crippen molar-refractivity contribution in [3.8, 4) is 17.2 Å². The van der Waals surface area contributed by atoms with E-state index in [1.165, 1.54) is 16.7 Å². The molecule has 1 aliphatic rings. The number of rotatable bonds is 12. The van der Waals surface area contributed by atoms with Crippen molar-refractivity contribution in [2.24, 2.45) is 0 Å². The molecule has 0 atom stereocenters. The number of hydrogen-bond acceptors (Lipinski definition) is 8. The van der Waals surface area contributed by atoms with Gasteiger partial charge in [0, 0.05) is 43.8 Å². The Balaban J connectivity index is 0.00000103. The number of nitrogens with zero attached hydrogens (tertiary/aromatic N) is 2. The summed E-state index contributed by atoms with van der Waals surface area (Å²) in [6, 6.07) is 4.89. The second kappa shape index (κ2) is 15.8. The molecule has 1 aliphatic heterocycles. The molecule has 0 bridgehead atoms. The minimum atomic E-state index is -5.08. The number of ether oxygens (including phenoxy) is 3. The Bertz CT molecular complexity index is 1570. The van der Waals surface area contributed by atoms with E-state index >= 15 is 4.39 Å².